The van der Waals surface area contributed by atoms with Crippen LogP contribution in [0.4, 0.5) is 0 Å². The first-order valence-corrected chi connectivity index (χ1v) is 9.86. The summed E-state index contributed by atoms with van der Waals surface area (Å²) >= 11 is 11.0. The van der Waals surface area contributed by atoms with E-state index in [-0.39, 0.29) is 12.1 Å². The van der Waals surface area contributed by atoms with Crippen molar-refractivity contribution < 1.29 is 0 Å². The Morgan fingerprint density at radius 2 is 2.08 bits per heavy atom. The summed E-state index contributed by atoms with van der Waals surface area (Å²) in [6.07, 6.45) is 5.50. The van der Waals surface area contributed by atoms with Crippen LogP contribution >= 0.6 is 39.5 Å². The Labute approximate surface area is 164 Å². The number of halogens is 1. The normalized spacial score (nSPS) is 19.9. The third kappa shape index (κ3) is 3.44. The van der Waals surface area contributed by atoms with E-state index in [4.69, 9.17) is 12.2 Å². The van der Waals surface area contributed by atoms with Crippen molar-refractivity contribution in [1.29, 1.82) is 0 Å². The Morgan fingerprint density at radius 3 is 2.76 bits per heavy atom. The number of nitrogens with zero attached hydrogens (tertiary/aromatic N) is 3. The molecule has 1 aliphatic heterocycles. The summed E-state index contributed by atoms with van der Waals surface area (Å²) in [5.74, 6) is 0. The zero-order chi connectivity index (χ0) is 17.2. The largest absolute Gasteiger partial charge is 0.352 e. The molecule has 1 N–H and O–H groups in total. The van der Waals surface area contributed by atoms with Crippen LogP contribution in [0.2, 0.25) is 0 Å². The Kier molecular flexibility index (Phi) is 4.78. The number of thiophene rings is 1. The number of thiocarbonyl (C=S) groups is 1. The molecule has 0 bridgehead atoms. The van der Waals surface area contributed by atoms with Crippen LogP contribution in [0.1, 0.15) is 28.2 Å². The molecule has 4 rings (SSSR count). The van der Waals surface area contributed by atoms with Crippen LogP contribution in [-0.2, 0) is 6.54 Å². The molecule has 1 aliphatic rings. The highest BCUT2D eigenvalue weighted by Gasteiger charge is 2.40. The van der Waals surface area contributed by atoms with Gasteiger partial charge in [0.05, 0.1) is 21.6 Å². The number of hydrogen-bond donors (Lipinski definition) is 1. The van der Waals surface area contributed by atoms with Gasteiger partial charge in [-0.1, -0.05) is 12.1 Å². The lowest BCUT2D eigenvalue weighted by Gasteiger charge is -2.26. The molecule has 1 saturated heterocycles. The molecule has 0 saturated carbocycles. The molecule has 3 aromatic rings. The third-order valence-corrected chi connectivity index (χ3v) is 6.21. The van der Waals surface area contributed by atoms with Gasteiger partial charge in [-0.25, -0.2) is 0 Å². The van der Waals surface area contributed by atoms with Crippen molar-refractivity contribution in [2.24, 2.45) is 0 Å². The lowest BCUT2D eigenvalue weighted by Crippen LogP contribution is -2.28. The van der Waals surface area contributed by atoms with E-state index in [0.29, 0.717) is 6.54 Å². The highest BCUT2D eigenvalue weighted by Crippen LogP contribution is 2.42. The van der Waals surface area contributed by atoms with E-state index < -0.39 is 0 Å². The zero-order valence-electron chi connectivity index (χ0n) is 13.2. The summed E-state index contributed by atoms with van der Waals surface area (Å²) in [6.45, 7) is 0.712. The molecule has 0 spiro atoms. The molecule has 0 aromatic carbocycles. The third-order valence-electron chi connectivity index (χ3n) is 4.16. The second-order valence-corrected chi connectivity index (χ2v) is 8.64. The predicted molar refractivity (Wildman–Crippen MR) is 107 cm³/mol. The van der Waals surface area contributed by atoms with Gasteiger partial charge in [-0.15, -0.1) is 11.3 Å². The fourth-order valence-corrected chi connectivity index (χ4v) is 4.94. The van der Waals surface area contributed by atoms with Crippen LogP contribution in [0.15, 0.2) is 64.8 Å². The summed E-state index contributed by atoms with van der Waals surface area (Å²) < 4.78 is 1.11. The standard InChI is InChI=1S/C18H15BrN4S2/c19-15-7-6-14(25-15)17-16(13-5-1-2-9-21-13)22-18(24)23(17)11-12-4-3-8-20-10-12/h1-10,16-17H,11H2,(H,22,24)/t16-,17-/m1/s1. The number of rotatable bonds is 4. The SMILES string of the molecule is S=C1N[C@H](c2ccccn2)[C@@H](c2ccc(Br)s2)N1Cc1cccnc1. The second-order valence-electron chi connectivity index (χ2n) is 5.76. The van der Waals surface area contributed by atoms with E-state index in [2.05, 4.69) is 54.3 Å². The Hall–Kier alpha value is -1.83. The number of aromatic nitrogens is 2. The minimum Gasteiger partial charge on any atom is -0.352 e. The minimum atomic E-state index is 0.0240. The van der Waals surface area contributed by atoms with E-state index >= 15 is 0 Å². The molecule has 4 nitrogen and oxygen atoms in total. The van der Waals surface area contributed by atoms with Gasteiger partial charge in [0.25, 0.3) is 0 Å². The van der Waals surface area contributed by atoms with E-state index in [1.807, 2.05) is 36.7 Å². The molecule has 25 heavy (non-hydrogen) atoms. The van der Waals surface area contributed by atoms with Gasteiger partial charge in [-0.3, -0.25) is 9.97 Å². The monoisotopic (exact) mass is 430 g/mol. The molecule has 126 valence electrons. The molecule has 0 radical (unpaired) electrons. The molecule has 4 heterocycles. The van der Waals surface area contributed by atoms with E-state index in [9.17, 15) is 0 Å². The molecular weight excluding hydrogens is 416 g/mol. The lowest BCUT2D eigenvalue weighted by atomic mass is 10.0. The van der Waals surface area contributed by atoms with Crippen molar-refractivity contribution >= 4 is 44.6 Å². The van der Waals surface area contributed by atoms with Gasteiger partial charge in [0.1, 0.15) is 0 Å². The Balaban J connectivity index is 1.72. The highest BCUT2D eigenvalue weighted by molar-refractivity contribution is 9.11. The first kappa shape index (κ1) is 16.6. The van der Waals surface area contributed by atoms with Gasteiger partial charge in [-0.05, 0) is 64.0 Å². The average Bonchev–Trinajstić information content (AvgIpc) is 3.20. The van der Waals surface area contributed by atoms with Gasteiger partial charge >= 0.3 is 0 Å². The van der Waals surface area contributed by atoms with Gasteiger partial charge in [0.2, 0.25) is 0 Å². The maximum Gasteiger partial charge on any atom is 0.170 e. The van der Waals surface area contributed by atoms with Crippen molar-refractivity contribution in [2.45, 2.75) is 18.6 Å². The quantitative estimate of drug-likeness (QED) is 0.618. The molecule has 0 aliphatic carbocycles. The fourth-order valence-electron chi connectivity index (χ4n) is 3.06. The predicted octanol–water partition coefficient (Wildman–Crippen LogP) is 4.47. The fraction of sp³-hybridized carbons (Fsp3) is 0.167. The summed E-state index contributed by atoms with van der Waals surface area (Å²) in [7, 11) is 0. The van der Waals surface area contributed by atoms with E-state index in [1.165, 1.54) is 4.88 Å². The van der Waals surface area contributed by atoms with Crippen LogP contribution in [0, 0.1) is 0 Å². The molecule has 3 aromatic heterocycles. The Morgan fingerprint density at radius 1 is 1.16 bits per heavy atom. The highest BCUT2D eigenvalue weighted by atomic mass is 79.9. The smallest absolute Gasteiger partial charge is 0.170 e. The van der Waals surface area contributed by atoms with Gasteiger partial charge in [0.15, 0.2) is 5.11 Å². The molecule has 0 unspecified atom stereocenters. The molecule has 1 fully saturated rings. The topological polar surface area (TPSA) is 41.1 Å². The van der Waals surface area contributed by atoms with Gasteiger partial charge in [0, 0.05) is 30.0 Å². The summed E-state index contributed by atoms with van der Waals surface area (Å²) in [4.78, 5) is 12.2. The second kappa shape index (κ2) is 7.19. The maximum absolute atomic E-state index is 5.66. The van der Waals surface area contributed by atoms with Crippen molar-refractivity contribution in [3.8, 4) is 0 Å². The zero-order valence-corrected chi connectivity index (χ0v) is 16.4. The molecule has 7 heteroatoms. The summed E-state index contributed by atoms with van der Waals surface area (Å²) in [5, 5.41) is 4.21. The van der Waals surface area contributed by atoms with Crippen molar-refractivity contribution in [1.82, 2.24) is 20.2 Å². The van der Waals surface area contributed by atoms with Crippen molar-refractivity contribution in [3.63, 3.8) is 0 Å². The van der Waals surface area contributed by atoms with Crippen molar-refractivity contribution in [3.05, 3.63) is 81.0 Å². The van der Waals surface area contributed by atoms with Crippen LogP contribution < -0.4 is 5.32 Å². The van der Waals surface area contributed by atoms with Crippen LogP contribution in [0.25, 0.3) is 0 Å². The number of pyridine rings is 2. The van der Waals surface area contributed by atoms with Gasteiger partial charge < -0.3 is 10.2 Å². The average molecular weight is 431 g/mol. The first-order chi connectivity index (χ1) is 12.2. The molecular formula is C18H15BrN4S2. The van der Waals surface area contributed by atoms with Crippen molar-refractivity contribution in [2.75, 3.05) is 0 Å². The summed E-state index contributed by atoms with van der Waals surface area (Å²) in [6, 6.07) is 14.4. The molecule has 0 amide bonds. The van der Waals surface area contributed by atoms with Crippen LogP contribution in [-0.4, -0.2) is 20.0 Å². The number of nitrogens with one attached hydrogen (secondary N) is 1. The van der Waals surface area contributed by atoms with E-state index in [0.717, 1.165) is 20.2 Å². The Bertz CT molecular complexity index is 869. The molecule has 2 atom stereocenters. The van der Waals surface area contributed by atoms with Gasteiger partial charge in [-0.2, -0.15) is 0 Å². The summed E-state index contributed by atoms with van der Waals surface area (Å²) in [5.41, 5.74) is 2.13. The number of hydrogen-bond acceptors (Lipinski definition) is 4. The van der Waals surface area contributed by atoms with Crippen LogP contribution in [0.3, 0.4) is 0 Å². The minimum absolute atomic E-state index is 0.0240. The van der Waals surface area contributed by atoms with Crippen LogP contribution in [0.5, 0.6) is 0 Å². The lowest BCUT2D eigenvalue weighted by molar-refractivity contribution is 0.315. The van der Waals surface area contributed by atoms with E-state index in [1.54, 1.807) is 17.5 Å². The first-order valence-electron chi connectivity index (χ1n) is 7.84. The maximum atomic E-state index is 5.66.